The lowest BCUT2D eigenvalue weighted by Gasteiger charge is -2.29. The number of nitrogens with zero attached hydrogens (tertiary/aromatic N) is 2. The van der Waals surface area contributed by atoms with Gasteiger partial charge in [0.05, 0.1) is 18.3 Å². The zero-order valence-corrected chi connectivity index (χ0v) is 27.4. The zero-order chi connectivity index (χ0) is 33.3. The number of carbonyl (C=O) groups excluding carboxylic acids is 3. The first-order valence-corrected chi connectivity index (χ1v) is 17.0. The minimum atomic E-state index is -0.894. The number of likely N-dealkylation sites (tertiary alicyclic amines) is 1. The smallest absolute Gasteiger partial charge is 0.410 e. The van der Waals surface area contributed by atoms with E-state index in [0.717, 1.165) is 52.8 Å². The van der Waals surface area contributed by atoms with Crippen molar-refractivity contribution in [2.45, 2.75) is 81.2 Å². The maximum absolute atomic E-state index is 14.2. The molecule has 0 radical (unpaired) electrons. The highest BCUT2D eigenvalue weighted by molar-refractivity contribution is 6.02. The van der Waals surface area contributed by atoms with Gasteiger partial charge in [-0.25, -0.2) is 4.79 Å². The first kappa shape index (κ1) is 31.9. The van der Waals surface area contributed by atoms with Crippen LogP contribution < -0.4 is 10.6 Å². The van der Waals surface area contributed by atoms with Gasteiger partial charge in [0.15, 0.2) is 11.7 Å². The van der Waals surface area contributed by atoms with Crippen molar-refractivity contribution in [1.82, 2.24) is 15.5 Å². The van der Waals surface area contributed by atoms with E-state index in [2.05, 4.69) is 40.1 Å². The fourth-order valence-corrected chi connectivity index (χ4v) is 7.41. The summed E-state index contributed by atoms with van der Waals surface area (Å²) in [5.41, 5.74) is 5.30. The van der Waals surface area contributed by atoms with Crippen molar-refractivity contribution in [2.24, 2.45) is 5.16 Å². The van der Waals surface area contributed by atoms with Gasteiger partial charge in [0.25, 0.3) is 5.91 Å². The molecular formula is C38H42N4O6. The molecule has 2 aliphatic heterocycles. The lowest BCUT2D eigenvalue weighted by Crippen LogP contribution is -2.55. The molecule has 1 saturated carbocycles. The monoisotopic (exact) mass is 650 g/mol. The second-order valence-electron chi connectivity index (χ2n) is 13.3. The van der Waals surface area contributed by atoms with E-state index >= 15 is 0 Å². The fourth-order valence-electron chi connectivity index (χ4n) is 7.41. The molecule has 2 aliphatic carbocycles. The molecule has 3 amide bonds. The fraction of sp³-hybridized carbons (Fsp3) is 0.421. The van der Waals surface area contributed by atoms with Gasteiger partial charge in [-0.05, 0) is 47.1 Å². The standard InChI is InChI=1S/C38H42N4O6/c1-3-11-31(34(46-2)36(44)39-25-18-19-25)40-35(43)33-21-38(20-32(41-48-38)24-12-5-4-6-13-24)23-42(33)37(45)47-22-30-28-16-9-7-14-26(28)27-15-8-10-17-29(27)30/h4-10,12-17,25,30-31,33-34H,3,11,18-23H2,1-2H3,(H,39,44)(H,40,43)/t31-,33?,34?,38+/m0/s1. The molecule has 0 aromatic heterocycles. The Morgan fingerprint density at radius 1 is 0.979 bits per heavy atom. The van der Waals surface area contributed by atoms with Crippen molar-refractivity contribution in [1.29, 1.82) is 0 Å². The van der Waals surface area contributed by atoms with Gasteiger partial charge < -0.3 is 24.9 Å². The summed E-state index contributed by atoms with van der Waals surface area (Å²) in [6.45, 7) is 2.26. The zero-order valence-electron chi connectivity index (χ0n) is 27.4. The first-order chi connectivity index (χ1) is 23.4. The van der Waals surface area contributed by atoms with Crippen molar-refractivity contribution in [3.05, 3.63) is 95.6 Å². The molecule has 2 fully saturated rings. The average Bonchev–Trinajstić information content (AvgIpc) is 3.56. The number of oxime groups is 1. The van der Waals surface area contributed by atoms with Crippen LogP contribution in [0.15, 0.2) is 84.0 Å². The van der Waals surface area contributed by atoms with Gasteiger partial charge in [-0.2, -0.15) is 0 Å². The molecule has 2 unspecified atom stereocenters. The SMILES string of the molecule is CCC[C@H](NC(=O)C1C[C@]2(CC(c3ccccc3)=NO2)CN1C(=O)OCC1c2ccccc2-c2ccccc21)C(OC)C(=O)NC1CC1. The quantitative estimate of drug-likeness (QED) is 0.296. The Kier molecular flexibility index (Phi) is 8.92. The summed E-state index contributed by atoms with van der Waals surface area (Å²) in [4.78, 5) is 48.8. The van der Waals surface area contributed by atoms with E-state index in [4.69, 9.17) is 14.3 Å². The Bertz CT molecular complexity index is 1660. The van der Waals surface area contributed by atoms with Crippen molar-refractivity contribution >= 4 is 23.6 Å². The lowest BCUT2D eigenvalue weighted by atomic mass is 9.91. The highest BCUT2D eigenvalue weighted by atomic mass is 16.7. The van der Waals surface area contributed by atoms with Gasteiger partial charge in [-0.3, -0.25) is 14.5 Å². The van der Waals surface area contributed by atoms with Gasteiger partial charge >= 0.3 is 6.09 Å². The summed E-state index contributed by atoms with van der Waals surface area (Å²) in [5, 5.41) is 10.5. The Labute approximate surface area is 280 Å². The Hall–Kier alpha value is -4.70. The highest BCUT2D eigenvalue weighted by Gasteiger charge is 2.55. The number of nitrogens with one attached hydrogen (secondary N) is 2. The number of carbonyl (C=O) groups is 3. The highest BCUT2D eigenvalue weighted by Crippen LogP contribution is 2.45. The summed E-state index contributed by atoms with van der Waals surface area (Å²) >= 11 is 0. The topological polar surface area (TPSA) is 119 Å². The number of methoxy groups -OCH3 is 1. The van der Waals surface area contributed by atoms with E-state index in [0.29, 0.717) is 12.8 Å². The summed E-state index contributed by atoms with van der Waals surface area (Å²) in [6.07, 6.45) is 2.37. The number of benzene rings is 3. The molecule has 48 heavy (non-hydrogen) atoms. The summed E-state index contributed by atoms with van der Waals surface area (Å²) in [6, 6.07) is 24.8. The first-order valence-electron chi connectivity index (χ1n) is 17.0. The Balaban J connectivity index is 1.11. The van der Waals surface area contributed by atoms with Crippen LogP contribution in [0.2, 0.25) is 0 Å². The maximum Gasteiger partial charge on any atom is 0.410 e. The van der Waals surface area contributed by atoms with E-state index in [1.54, 1.807) is 0 Å². The number of ether oxygens (including phenoxy) is 2. The molecule has 250 valence electrons. The van der Waals surface area contributed by atoms with Crippen LogP contribution >= 0.6 is 0 Å². The van der Waals surface area contributed by atoms with E-state index in [1.165, 1.54) is 12.0 Å². The molecule has 3 aromatic rings. The summed E-state index contributed by atoms with van der Waals surface area (Å²) in [5.74, 6) is -0.741. The third-order valence-corrected chi connectivity index (χ3v) is 9.95. The number of fused-ring (bicyclic) bond motifs is 3. The van der Waals surface area contributed by atoms with Crippen LogP contribution in [0.1, 0.15) is 68.1 Å². The normalized spacial score (nSPS) is 22.3. The summed E-state index contributed by atoms with van der Waals surface area (Å²) < 4.78 is 11.7. The maximum atomic E-state index is 14.2. The number of amides is 3. The molecule has 4 aliphatic rings. The van der Waals surface area contributed by atoms with Crippen LogP contribution in [0, 0.1) is 0 Å². The van der Waals surface area contributed by atoms with Gasteiger partial charge in [0, 0.05) is 31.9 Å². The molecule has 10 nitrogen and oxygen atoms in total. The minimum Gasteiger partial charge on any atom is -0.448 e. The Morgan fingerprint density at radius 3 is 2.29 bits per heavy atom. The van der Waals surface area contributed by atoms with Crippen LogP contribution in [0.4, 0.5) is 4.79 Å². The molecule has 2 heterocycles. The van der Waals surface area contributed by atoms with Gasteiger partial charge in [-0.15, -0.1) is 0 Å². The third-order valence-electron chi connectivity index (χ3n) is 9.95. The third kappa shape index (κ3) is 6.29. The molecule has 3 aromatic carbocycles. The van der Waals surface area contributed by atoms with Gasteiger partial charge in [0.2, 0.25) is 5.91 Å². The number of hydrogen-bond acceptors (Lipinski definition) is 7. The molecule has 1 spiro atoms. The van der Waals surface area contributed by atoms with Gasteiger partial charge in [0.1, 0.15) is 12.6 Å². The van der Waals surface area contributed by atoms with E-state index < -0.39 is 29.9 Å². The van der Waals surface area contributed by atoms with E-state index in [9.17, 15) is 14.4 Å². The van der Waals surface area contributed by atoms with Gasteiger partial charge in [-0.1, -0.05) is 97.4 Å². The molecule has 7 rings (SSSR count). The van der Waals surface area contributed by atoms with Crippen molar-refractivity contribution in [3.8, 4) is 11.1 Å². The van der Waals surface area contributed by atoms with E-state index in [-0.39, 0.29) is 43.3 Å². The average molecular weight is 651 g/mol. The van der Waals surface area contributed by atoms with Crippen molar-refractivity contribution < 1.29 is 28.7 Å². The van der Waals surface area contributed by atoms with Crippen LogP contribution in [-0.2, 0) is 23.9 Å². The van der Waals surface area contributed by atoms with Crippen LogP contribution in [0.5, 0.6) is 0 Å². The van der Waals surface area contributed by atoms with E-state index in [1.807, 2.05) is 61.5 Å². The molecule has 4 atom stereocenters. The predicted octanol–water partition coefficient (Wildman–Crippen LogP) is 5.15. The largest absolute Gasteiger partial charge is 0.448 e. The number of hydrogen-bond donors (Lipinski definition) is 2. The molecule has 10 heteroatoms. The second-order valence-corrected chi connectivity index (χ2v) is 13.3. The van der Waals surface area contributed by atoms with Crippen molar-refractivity contribution in [3.63, 3.8) is 0 Å². The second kappa shape index (κ2) is 13.4. The van der Waals surface area contributed by atoms with Crippen molar-refractivity contribution in [2.75, 3.05) is 20.3 Å². The molecular weight excluding hydrogens is 608 g/mol. The molecule has 0 bridgehead atoms. The summed E-state index contributed by atoms with van der Waals surface area (Å²) in [7, 11) is 1.48. The van der Waals surface area contributed by atoms with Crippen LogP contribution in [0.3, 0.4) is 0 Å². The predicted molar refractivity (Wildman–Crippen MR) is 180 cm³/mol. The Morgan fingerprint density at radius 2 is 1.65 bits per heavy atom. The molecule has 1 saturated heterocycles. The number of rotatable bonds is 11. The van der Waals surface area contributed by atoms with Crippen LogP contribution in [0.25, 0.3) is 11.1 Å². The minimum absolute atomic E-state index is 0.123. The molecule has 2 N–H and O–H groups in total. The lowest BCUT2D eigenvalue weighted by molar-refractivity contribution is -0.135. The van der Waals surface area contributed by atoms with Crippen LogP contribution in [-0.4, -0.2) is 78.6 Å².